The van der Waals surface area contributed by atoms with Crippen molar-refractivity contribution in [3.63, 3.8) is 0 Å². The van der Waals surface area contributed by atoms with E-state index in [1.54, 1.807) is 6.07 Å². The van der Waals surface area contributed by atoms with Crippen LogP contribution in [0.25, 0.3) is 0 Å². The highest BCUT2D eigenvalue weighted by Crippen LogP contribution is 2.44. The molecule has 1 atom stereocenters. The number of carbonyl (C=O) groups excluding carboxylic acids is 2. The number of benzene rings is 1. The number of halogens is 1. The van der Waals surface area contributed by atoms with E-state index in [1.165, 1.54) is 17.0 Å². The summed E-state index contributed by atoms with van der Waals surface area (Å²) in [5.74, 6) is -0.676. The second kappa shape index (κ2) is 4.30. The molecule has 1 aliphatic heterocycles. The van der Waals surface area contributed by atoms with Crippen LogP contribution in [0.2, 0.25) is 0 Å². The Morgan fingerprint density at radius 1 is 1.50 bits per heavy atom. The molecule has 2 aliphatic rings. The maximum Gasteiger partial charge on any atom is 0.240 e. The summed E-state index contributed by atoms with van der Waals surface area (Å²) in [6.07, 6.45) is 1.13. The molecule has 3 rings (SSSR count). The fourth-order valence-corrected chi connectivity index (χ4v) is 2.62. The Balaban J connectivity index is 1.69. The molecule has 106 valence electrons. The third kappa shape index (κ3) is 2.28. The lowest BCUT2D eigenvalue weighted by Crippen LogP contribution is -2.40. The van der Waals surface area contributed by atoms with E-state index in [1.807, 2.05) is 0 Å². The van der Waals surface area contributed by atoms with Crippen molar-refractivity contribution in [1.29, 1.82) is 0 Å². The van der Waals surface area contributed by atoms with Gasteiger partial charge in [0.1, 0.15) is 12.4 Å². The summed E-state index contributed by atoms with van der Waals surface area (Å²) in [6, 6.07) is 4.42. The van der Waals surface area contributed by atoms with Crippen molar-refractivity contribution < 1.29 is 14.0 Å². The average Bonchev–Trinajstić information content (AvgIpc) is 2.81. The third-order valence-corrected chi connectivity index (χ3v) is 4.13. The maximum absolute atomic E-state index is 13.1. The van der Waals surface area contributed by atoms with E-state index in [0.717, 1.165) is 6.42 Å². The largest absolute Gasteiger partial charge is 0.351 e. The monoisotopic (exact) mass is 276 g/mol. The van der Waals surface area contributed by atoms with Gasteiger partial charge in [0, 0.05) is 11.7 Å². The number of amides is 2. The van der Waals surface area contributed by atoms with Gasteiger partial charge in [-0.3, -0.25) is 9.59 Å². The Morgan fingerprint density at radius 2 is 2.20 bits per heavy atom. The molecule has 1 saturated carbocycles. The first-order chi connectivity index (χ1) is 9.37. The smallest absolute Gasteiger partial charge is 0.240 e. The highest BCUT2D eigenvalue weighted by atomic mass is 19.1. The van der Waals surface area contributed by atoms with Crippen LogP contribution in [0.15, 0.2) is 18.2 Å². The highest BCUT2D eigenvalue weighted by Gasteiger charge is 2.46. The number of hydrogen-bond acceptors (Lipinski definition) is 2. The molecule has 1 aromatic rings. The van der Waals surface area contributed by atoms with Gasteiger partial charge in [-0.25, -0.2) is 4.39 Å². The summed E-state index contributed by atoms with van der Waals surface area (Å²) in [5, 5.41) is 2.93. The van der Waals surface area contributed by atoms with Crippen molar-refractivity contribution in [2.75, 3.05) is 11.4 Å². The van der Waals surface area contributed by atoms with Crippen molar-refractivity contribution in [2.24, 2.45) is 5.41 Å². The van der Waals surface area contributed by atoms with E-state index >= 15 is 0 Å². The van der Waals surface area contributed by atoms with Crippen molar-refractivity contribution in [3.05, 3.63) is 29.6 Å². The van der Waals surface area contributed by atoms with Crippen LogP contribution in [0.4, 0.5) is 10.1 Å². The molecule has 20 heavy (non-hydrogen) atoms. The first-order valence-electron chi connectivity index (χ1n) is 6.75. The van der Waals surface area contributed by atoms with Crippen LogP contribution >= 0.6 is 0 Å². The zero-order valence-corrected chi connectivity index (χ0v) is 11.6. The van der Waals surface area contributed by atoms with Gasteiger partial charge in [0.2, 0.25) is 11.8 Å². The molecule has 1 heterocycles. The standard InChI is InChI=1S/C15H17FN2O2/c1-15(2)7-12(15)17-13(19)8-18-11-4-3-10(16)5-9(11)6-14(18)20/h3-5,12H,6-8H2,1-2H3,(H,17,19)/t12-/m0/s1. The Morgan fingerprint density at radius 3 is 2.85 bits per heavy atom. The van der Waals surface area contributed by atoms with E-state index in [0.29, 0.717) is 11.3 Å². The van der Waals surface area contributed by atoms with Gasteiger partial charge >= 0.3 is 0 Å². The molecule has 1 N–H and O–H groups in total. The predicted molar refractivity (Wildman–Crippen MR) is 72.8 cm³/mol. The van der Waals surface area contributed by atoms with Crippen LogP contribution < -0.4 is 10.2 Å². The lowest BCUT2D eigenvalue weighted by Gasteiger charge is -2.17. The summed E-state index contributed by atoms with van der Waals surface area (Å²) in [4.78, 5) is 25.3. The molecule has 4 nitrogen and oxygen atoms in total. The number of hydrogen-bond donors (Lipinski definition) is 1. The lowest BCUT2D eigenvalue weighted by atomic mass is 10.1. The molecule has 0 aromatic heterocycles. The van der Waals surface area contributed by atoms with E-state index in [4.69, 9.17) is 0 Å². The summed E-state index contributed by atoms with van der Waals surface area (Å²) < 4.78 is 13.1. The molecule has 0 radical (unpaired) electrons. The van der Waals surface area contributed by atoms with Gasteiger partial charge in [-0.15, -0.1) is 0 Å². The number of fused-ring (bicyclic) bond motifs is 1. The molecule has 2 amide bonds. The van der Waals surface area contributed by atoms with Gasteiger partial charge in [-0.1, -0.05) is 13.8 Å². The molecular formula is C15H17FN2O2. The summed E-state index contributed by atoms with van der Waals surface area (Å²) in [7, 11) is 0. The van der Waals surface area contributed by atoms with Crippen LogP contribution in [0.1, 0.15) is 25.8 Å². The van der Waals surface area contributed by atoms with Gasteiger partial charge in [0.25, 0.3) is 0 Å². The minimum atomic E-state index is -0.359. The highest BCUT2D eigenvalue weighted by molar-refractivity contribution is 6.05. The average molecular weight is 276 g/mol. The fraction of sp³-hybridized carbons (Fsp3) is 0.467. The number of nitrogens with one attached hydrogen (secondary N) is 1. The molecule has 0 saturated heterocycles. The number of rotatable bonds is 3. The molecule has 1 aliphatic carbocycles. The van der Waals surface area contributed by atoms with Crippen LogP contribution in [0.3, 0.4) is 0 Å². The van der Waals surface area contributed by atoms with E-state index in [9.17, 15) is 14.0 Å². The first-order valence-corrected chi connectivity index (χ1v) is 6.75. The summed E-state index contributed by atoms with van der Waals surface area (Å²) in [6.45, 7) is 4.19. The summed E-state index contributed by atoms with van der Waals surface area (Å²) >= 11 is 0. The zero-order chi connectivity index (χ0) is 14.5. The number of anilines is 1. The molecular weight excluding hydrogens is 259 g/mol. The van der Waals surface area contributed by atoms with Gasteiger partial charge in [0.05, 0.1) is 6.42 Å². The third-order valence-electron chi connectivity index (χ3n) is 4.13. The quantitative estimate of drug-likeness (QED) is 0.912. The Labute approximate surface area is 117 Å². The van der Waals surface area contributed by atoms with E-state index in [2.05, 4.69) is 19.2 Å². The molecule has 0 spiro atoms. The molecule has 0 unspecified atom stereocenters. The lowest BCUT2D eigenvalue weighted by molar-refractivity contribution is -0.123. The number of nitrogens with zero attached hydrogens (tertiary/aromatic N) is 1. The fourth-order valence-electron chi connectivity index (χ4n) is 2.62. The zero-order valence-electron chi connectivity index (χ0n) is 11.6. The van der Waals surface area contributed by atoms with Crippen molar-refractivity contribution in [2.45, 2.75) is 32.7 Å². The van der Waals surface area contributed by atoms with Crippen LogP contribution in [-0.2, 0) is 16.0 Å². The van der Waals surface area contributed by atoms with Gasteiger partial charge < -0.3 is 10.2 Å². The normalized spacial score (nSPS) is 22.6. The second-order valence-electron chi connectivity index (χ2n) is 6.24. The van der Waals surface area contributed by atoms with Crippen molar-refractivity contribution in [3.8, 4) is 0 Å². The number of carbonyl (C=O) groups is 2. The van der Waals surface area contributed by atoms with Gasteiger partial charge in [0.15, 0.2) is 0 Å². The molecule has 1 aromatic carbocycles. The van der Waals surface area contributed by atoms with Gasteiger partial charge in [-0.05, 0) is 35.6 Å². The Hall–Kier alpha value is -1.91. The Kier molecular flexibility index (Phi) is 2.81. The minimum Gasteiger partial charge on any atom is -0.351 e. The van der Waals surface area contributed by atoms with Crippen molar-refractivity contribution in [1.82, 2.24) is 5.32 Å². The van der Waals surface area contributed by atoms with E-state index < -0.39 is 0 Å². The SMILES string of the molecule is CC1(C)C[C@@H]1NC(=O)CN1C(=O)Cc2cc(F)ccc21. The molecule has 5 heteroatoms. The van der Waals surface area contributed by atoms with Gasteiger partial charge in [-0.2, -0.15) is 0 Å². The Bertz CT molecular complexity index is 598. The second-order valence-corrected chi connectivity index (χ2v) is 6.24. The minimum absolute atomic E-state index is 0.00401. The molecule has 0 bridgehead atoms. The van der Waals surface area contributed by atoms with Crippen LogP contribution in [0, 0.1) is 11.2 Å². The van der Waals surface area contributed by atoms with Crippen LogP contribution in [-0.4, -0.2) is 24.4 Å². The first kappa shape index (κ1) is 13.1. The molecule has 1 fully saturated rings. The maximum atomic E-state index is 13.1. The predicted octanol–water partition coefficient (Wildman–Crippen LogP) is 1.63. The van der Waals surface area contributed by atoms with Crippen molar-refractivity contribution >= 4 is 17.5 Å². The van der Waals surface area contributed by atoms with E-state index in [-0.39, 0.29) is 42.1 Å². The van der Waals surface area contributed by atoms with Crippen LogP contribution in [0.5, 0.6) is 0 Å². The summed E-state index contributed by atoms with van der Waals surface area (Å²) in [5.41, 5.74) is 1.45. The topological polar surface area (TPSA) is 49.4 Å².